The molecule has 1 aromatic rings. The van der Waals surface area contributed by atoms with Gasteiger partial charge in [-0.1, -0.05) is 18.6 Å². The summed E-state index contributed by atoms with van der Waals surface area (Å²) in [7, 11) is 3.08. The number of rotatable bonds is 4. The molecule has 104 valence electrons. The van der Waals surface area contributed by atoms with E-state index in [-0.39, 0.29) is 17.9 Å². The van der Waals surface area contributed by atoms with E-state index in [1.165, 1.54) is 13.5 Å². The minimum Gasteiger partial charge on any atom is -0.497 e. The van der Waals surface area contributed by atoms with Gasteiger partial charge in [-0.15, -0.1) is 0 Å². The molecule has 0 bridgehead atoms. The second kappa shape index (κ2) is 6.57. The van der Waals surface area contributed by atoms with Crippen molar-refractivity contribution in [2.75, 3.05) is 20.8 Å². The second-order valence-corrected chi connectivity index (χ2v) is 4.83. The van der Waals surface area contributed by atoms with Crippen LogP contribution in [0.2, 0.25) is 0 Å². The molecule has 0 spiro atoms. The van der Waals surface area contributed by atoms with E-state index in [0.717, 1.165) is 30.7 Å². The Morgan fingerprint density at radius 1 is 1.26 bits per heavy atom. The molecule has 0 amide bonds. The Balaban J connectivity index is 2.22. The number of carbonyl (C=O) groups excluding carboxylic acids is 1. The lowest BCUT2D eigenvalue weighted by Gasteiger charge is -2.30. The quantitative estimate of drug-likeness (QED) is 0.845. The number of nitrogens with one attached hydrogen (secondary N) is 1. The molecular formula is C15H21NO3. The highest BCUT2D eigenvalue weighted by atomic mass is 16.5. The van der Waals surface area contributed by atoms with Crippen LogP contribution in [0.15, 0.2) is 24.3 Å². The van der Waals surface area contributed by atoms with Gasteiger partial charge in [0.25, 0.3) is 0 Å². The van der Waals surface area contributed by atoms with Crippen LogP contribution in [-0.2, 0) is 9.53 Å². The first kappa shape index (κ1) is 13.9. The summed E-state index contributed by atoms with van der Waals surface area (Å²) >= 11 is 0. The minimum atomic E-state index is -0.240. The van der Waals surface area contributed by atoms with Crippen LogP contribution in [0.25, 0.3) is 0 Å². The zero-order valence-corrected chi connectivity index (χ0v) is 11.5. The first-order chi connectivity index (χ1) is 9.26. The van der Waals surface area contributed by atoms with Gasteiger partial charge in [-0.2, -0.15) is 0 Å². The number of hydrogen-bond donors (Lipinski definition) is 1. The van der Waals surface area contributed by atoms with Crippen molar-refractivity contribution in [3.63, 3.8) is 0 Å². The molecule has 19 heavy (non-hydrogen) atoms. The number of carbonyl (C=O) groups is 1. The van der Waals surface area contributed by atoms with Crippen molar-refractivity contribution in [2.45, 2.75) is 31.2 Å². The number of esters is 1. The standard InChI is InChI=1S/C15H21NO3/c1-18-12-8-6-11(7-9-12)14(15(17)19-2)13-5-3-4-10-16-13/h6-9,13-14,16H,3-5,10H2,1-2H3/t13-,14?/m1/s1. The Hall–Kier alpha value is -1.55. The zero-order valence-electron chi connectivity index (χ0n) is 11.5. The number of hydrogen-bond acceptors (Lipinski definition) is 4. The fourth-order valence-corrected chi connectivity index (χ4v) is 2.63. The average Bonchev–Trinajstić information content (AvgIpc) is 2.49. The molecule has 0 aliphatic carbocycles. The third kappa shape index (κ3) is 3.26. The molecule has 1 aliphatic rings. The number of piperidine rings is 1. The predicted octanol–water partition coefficient (Wildman–Crippen LogP) is 2.09. The van der Waals surface area contributed by atoms with E-state index in [0.29, 0.717) is 0 Å². The Morgan fingerprint density at radius 3 is 2.53 bits per heavy atom. The van der Waals surface area contributed by atoms with Crippen LogP contribution in [0, 0.1) is 0 Å². The van der Waals surface area contributed by atoms with E-state index in [1.807, 2.05) is 24.3 Å². The van der Waals surface area contributed by atoms with Gasteiger partial charge in [0.1, 0.15) is 5.75 Å². The van der Waals surface area contributed by atoms with Crippen LogP contribution in [0.1, 0.15) is 30.7 Å². The van der Waals surface area contributed by atoms with E-state index in [9.17, 15) is 4.79 Å². The molecule has 2 atom stereocenters. The molecule has 4 heteroatoms. The number of benzene rings is 1. The van der Waals surface area contributed by atoms with Gasteiger partial charge >= 0.3 is 5.97 Å². The van der Waals surface area contributed by atoms with Crippen LogP contribution < -0.4 is 10.1 Å². The third-order valence-electron chi connectivity index (χ3n) is 3.68. The van der Waals surface area contributed by atoms with Crippen LogP contribution in [0.4, 0.5) is 0 Å². The molecular weight excluding hydrogens is 242 g/mol. The van der Waals surface area contributed by atoms with Crippen LogP contribution in [-0.4, -0.2) is 32.8 Å². The smallest absolute Gasteiger partial charge is 0.314 e. The molecule has 1 fully saturated rings. The van der Waals surface area contributed by atoms with Gasteiger partial charge in [-0.05, 0) is 37.1 Å². The molecule has 0 saturated carbocycles. The lowest BCUT2D eigenvalue weighted by atomic mass is 9.86. The van der Waals surface area contributed by atoms with Crippen LogP contribution >= 0.6 is 0 Å². The van der Waals surface area contributed by atoms with Gasteiger partial charge in [0.15, 0.2) is 0 Å². The lowest BCUT2D eigenvalue weighted by Crippen LogP contribution is -2.42. The summed E-state index contributed by atoms with van der Waals surface area (Å²) < 4.78 is 10.1. The fourth-order valence-electron chi connectivity index (χ4n) is 2.63. The fraction of sp³-hybridized carbons (Fsp3) is 0.533. The normalized spacial score (nSPS) is 20.6. The van der Waals surface area contributed by atoms with E-state index in [4.69, 9.17) is 9.47 Å². The molecule has 1 N–H and O–H groups in total. The van der Waals surface area contributed by atoms with Crippen molar-refractivity contribution < 1.29 is 14.3 Å². The molecule has 1 saturated heterocycles. The zero-order chi connectivity index (χ0) is 13.7. The number of ether oxygens (including phenoxy) is 2. The van der Waals surface area contributed by atoms with Crippen molar-refractivity contribution in [1.82, 2.24) is 5.32 Å². The summed E-state index contributed by atoms with van der Waals surface area (Å²) in [4.78, 5) is 12.1. The molecule has 1 aromatic carbocycles. The molecule has 2 rings (SSSR count). The van der Waals surface area contributed by atoms with Crippen LogP contribution in [0.5, 0.6) is 5.75 Å². The van der Waals surface area contributed by atoms with E-state index >= 15 is 0 Å². The van der Waals surface area contributed by atoms with Gasteiger partial charge in [0, 0.05) is 6.04 Å². The minimum absolute atomic E-state index is 0.162. The molecule has 0 radical (unpaired) electrons. The summed E-state index contributed by atoms with van der Waals surface area (Å²) in [6.07, 6.45) is 3.33. The Labute approximate surface area is 114 Å². The van der Waals surface area contributed by atoms with Crippen molar-refractivity contribution in [2.24, 2.45) is 0 Å². The summed E-state index contributed by atoms with van der Waals surface area (Å²) in [6.45, 7) is 0.967. The van der Waals surface area contributed by atoms with Crippen LogP contribution in [0.3, 0.4) is 0 Å². The third-order valence-corrected chi connectivity index (χ3v) is 3.68. The van der Waals surface area contributed by atoms with Gasteiger partial charge in [-0.25, -0.2) is 0 Å². The lowest BCUT2D eigenvalue weighted by molar-refractivity contribution is -0.143. The first-order valence-electron chi connectivity index (χ1n) is 6.71. The Kier molecular flexibility index (Phi) is 4.80. The molecule has 4 nitrogen and oxygen atoms in total. The maximum atomic E-state index is 12.1. The van der Waals surface area contributed by atoms with Crippen molar-refractivity contribution in [3.05, 3.63) is 29.8 Å². The highest BCUT2D eigenvalue weighted by Gasteiger charge is 2.31. The average molecular weight is 263 g/mol. The second-order valence-electron chi connectivity index (χ2n) is 4.83. The first-order valence-corrected chi connectivity index (χ1v) is 6.71. The summed E-state index contributed by atoms with van der Waals surface area (Å²) in [6, 6.07) is 7.81. The summed E-state index contributed by atoms with van der Waals surface area (Å²) in [5.41, 5.74) is 0.979. The van der Waals surface area contributed by atoms with Crippen molar-refractivity contribution >= 4 is 5.97 Å². The highest BCUT2D eigenvalue weighted by Crippen LogP contribution is 2.28. The topological polar surface area (TPSA) is 47.6 Å². The van der Waals surface area contributed by atoms with Crippen molar-refractivity contribution in [1.29, 1.82) is 0 Å². The molecule has 1 heterocycles. The summed E-state index contributed by atoms with van der Waals surface area (Å²) in [5.74, 6) is 0.379. The summed E-state index contributed by atoms with van der Waals surface area (Å²) in [5, 5.41) is 3.43. The van der Waals surface area contributed by atoms with Crippen molar-refractivity contribution in [3.8, 4) is 5.75 Å². The van der Waals surface area contributed by atoms with E-state index in [2.05, 4.69) is 5.32 Å². The van der Waals surface area contributed by atoms with E-state index in [1.54, 1.807) is 7.11 Å². The maximum absolute atomic E-state index is 12.1. The molecule has 0 aromatic heterocycles. The molecule has 1 aliphatic heterocycles. The Bertz CT molecular complexity index is 410. The maximum Gasteiger partial charge on any atom is 0.314 e. The molecule has 1 unspecified atom stereocenters. The SMILES string of the molecule is COC(=O)C(c1ccc(OC)cc1)[C@H]1CCCCN1. The predicted molar refractivity (Wildman–Crippen MR) is 73.4 cm³/mol. The van der Waals surface area contributed by atoms with Gasteiger partial charge in [0.2, 0.25) is 0 Å². The monoisotopic (exact) mass is 263 g/mol. The van der Waals surface area contributed by atoms with Gasteiger partial charge in [-0.3, -0.25) is 4.79 Å². The Morgan fingerprint density at radius 2 is 2.00 bits per heavy atom. The highest BCUT2D eigenvalue weighted by molar-refractivity contribution is 5.79. The van der Waals surface area contributed by atoms with Gasteiger partial charge in [0.05, 0.1) is 20.1 Å². The largest absolute Gasteiger partial charge is 0.497 e. The van der Waals surface area contributed by atoms with E-state index < -0.39 is 0 Å². The van der Waals surface area contributed by atoms with Gasteiger partial charge < -0.3 is 14.8 Å². The number of methoxy groups -OCH3 is 2.